The topological polar surface area (TPSA) is 59.6 Å². The SMILES string of the molecule is COC(C)(C)CNC(=O)N[C@H]1CCO[C@@H](C2CC2)C1. The summed E-state index contributed by atoms with van der Waals surface area (Å²) in [5, 5.41) is 5.91. The van der Waals surface area contributed by atoms with Crippen molar-refractivity contribution in [3.05, 3.63) is 0 Å². The van der Waals surface area contributed by atoms with E-state index < -0.39 is 0 Å². The summed E-state index contributed by atoms with van der Waals surface area (Å²) in [4.78, 5) is 11.8. The zero-order chi connectivity index (χ0) is 13.9. The zero-order valence-electron chi connectivity index (χ0n) is 12.2. The second-order valence-corrected chi connectivity index (χ2v) is 6.26. The van der Waals surface area contributed by atoms with Crippen molar-refractivity contribution in [1.82, 2.24) is 10.6 Å². The molecule has 1 aliphatic carbocycles. The number of methoxy groups -OCH3 is 1. The highest BCUT2D eigenvalue weighted by molar-refractivity contribution is 5.74. The molecule has 2 atom stereocenters. The van der Waals surface area contributed by atoms with Gasteiger partial charge in [-0.15, -0.1) is 0 Å². The Morgan fingerprint density at radius 3 is 2.74 bits per heavy atom. The number of ether oxygens (including phenoxy) is 2. The molecule has 19 heavy (non-hydrogen) atoms. The third kappa shape index (κ3) is 4.66. The first-order chi connectivity index (χ1) is 9.00. The van der Waals surface area contributed by atoms with Crippen LogP contribution in [0.2, 0.25) is 0 Å². The van der Waals surface area contributed by atoms with Crippen molar-refractivity contribution in [2.45, 2.75) is 57.3 Å². The molecule has 0 bridgehead atoms. The minimum atomic E-state index is -0.330. The van der Waals surface area contributed by atoms with Crippen molar-refractivity contribution < 1.29 is 14.3 Å². The van der Waals surface area contributed by atoms with Gasteiger partial charge in [0.25, 0.3) is 0 Å². The van der Waals surface area contributed by atoms with Crippen LogP contribution < -0.4 is 10.6 Å². The van der Waals surface area contributed by atoms with Crippen molar-refractivity contribution in [2.24, 2.45) is 5.92 Å². The number of urea groups is 1. The van der Waals surface area contributed by atoms with E-state index in [1.807, 2.05) is 13.8 Å². The van der Waals surface area contributed by atoms with Gasteiger partial charge in [0.05, 0.1) is 11.7 Å². The zero-order valence-corrected chi connectivity index (χ0v) is 12.2. The number of amides is 2. The standard InChI is InChI=1S/C14H26N2O3/c1-14(2,18-3)9-15-13(17)16-11-6-7-19-12(8-11)10-4-5-10/h10-12H,4-9H2,1-3H3,(H2,15,16,17)/t11-,12+/m0/s1. The third-order valence-electron chi connectivity index (χ3n) is 4.03. The molecule has 2 fully saturated rings. The molecule has 2 amide bonds. The van der Waals surface area contributed by atoms with Crippen molar-refractivity contribution in [2.75, 3.05) is 20.3 Å². The summed E-state index contributed by atoms with van der Waals surface area (Å²) in [6.45, 7) is 5.16. The fraction of sp³-hybridized carbons (Fsp3) is 0.929. The predicted molar refractivity (Wildman–Crippen MR) is 73.1 cm³/mol. The van der Waals surface area contributed by atoms with Gasteiger partial charge in [-0.05, 0) is 45.4 Å². The van der Waals surface area contributed by atoms with Crippen molar-refractivity contribution in [1.29, 1.82) is 0 Å². The van der Waals surface area contributed by atoms with Crippen molar-refractivity contribution in [3.63, 3.8) is 0 Å². The van der Waals surface area contributed by atoms with Gasteiger partial charge in [0.1, 0.15) is 0 Å². The lowest BCUT2D eigenvalue weighted by Gasteiger charge is -2.31. The molecule has 0 aromatic carbocycles. The summed E-state index contributed by atoms with van der Waals surface area (Å²) >= 11 is 0. The molecule has 110 valence electrons. The van der Waals surface area contributed by atoms with E-state index in [9.17, 15) is 4.79 Å². The number of nitrogens with one attached hydrogen (secondary N) is 2. The van der Waals surface area contributed by atoms with Crippen LogP contribution in [-0.2, 0) is 9.47 Å². The summed E-state index contributed by atoms with van der Waals surface area (Å²) in [5.74, 6) is 0.736. The van der Waals surface area contributed by atoms with E-state index in [4.69, 9.17) is 9.47 Å². The quantitative estimate of drug-likeness (QED) is 0.799. The first kappa shape index (κ1) is 14.6. The Kier molecular flexibility index (Phi) is 4.68. The van der Waals surface area contributed by atoms with Gasteiger partial charge in [0.2, 0.25) is 0 Å². The van der Waals surface area contributed by atoms with Crippen LogP contribution >= 0.6 is 0 Å². The highest BCUT2D eigenvalue weighted by atomic mass is 16.5. The lowest BCUT2D eigenvalue weighted by atomic mass is 10.0. The van der Waals surface area contributed by atoms with Gasteiger partial charge >= 0.3 is 6.03 Å². The van der Waals surface area contributed by atoms with Crippen molar-refractivity contribution in [3.8, 4) is 0 Å². The van der Waals surface area contributed by atoms with Gasteiger partial charge in [-0.25, -0.2) is 4.79 Å². The van der Waals surface area contributed by atoms with Crippen LogP contribution in [0.25, 0.3) is 0 Å². The first-order valence-corrected chi connectivity index (χ1v) is 7.21. The van der Waals surface area contributed by atoms with Gasteiger partial charge in [0.15, 0.2) is 0 Å². The highest BCUT2D eigenvalue weighted by Crippen LogP contribution is 2.38. The van der Waals surface area contributed by atoms with Gasteiger partial charge in [0, 0.05) is 26.3 Å². The maximum absolute atomic E-state index is 11.8. The summed E-state index contributed by atoms with van der Waals surface area (Å²) in [6, 6.07) is 0.136. The minimum absolute atomic E-state index is 0.105. The number of rotatable bonds is 5. The Balaban J connectivity index is 1.69. The molecule has 1 saturated heterocycles. The average molecular weight is 270 g/mol. The Morgan fingerprint density at radius 1 is 1.37 bits per heavy atom. The van der Waals surface area contributed by atoms with Gasteiger partial charge in [-0.3, -0.25) is 0 Å². The van der Waals surface area contributed by atoms with Gasteiger partial charge < -0.3 is 20.1 Å². The van der Waals surface area contributed by atoms with Gasteiger partial charge in [-0.1, -0.05) is 0 Å². The van der Waals surface area contributed by atoms with Crippen LogP contribution in [0.5, 0.6) is 0 Å². The molecule has 2 N–H and O–H groups in total. The van der Waals surface area contributed by atoms with E-state index in [0.717, 1.165) is 25.4 Å². The lowest BCUT2D eigenvalue weighted by Crippen LogP contribution is -2.49. The maximum atomic E-state index is 11.8. The monoisotopic (exact) mass is 270 g/mol. The Morgan fingerprint density at radius 2 is 2.11 bits per heavy atom. The predicted octanol–water partition coefficient (Wildman–Crippen LogP) is 1.67. The summed E-state index contributed by atoms with van der Waals surface area (Å²) in [5.41, 5.74) is -0.330. The van der Waals surface area contributed by atoms with E-state index in [0.29, 0.717) is 12.6 Å². The van der Waals surface area contributed by atoms with Crippen LogP contribution in [0.3, 0.4) is 0 Å². The summed E-state index contributed by atoms with van der Waals surface area (Å²) < 4.78 is 11.0. The molecular weight excluding hydrogens is 244 g/mol. The Hall–Kier alpha value is -0.810. The molecule has 1 aliphatic heterocycles. The number of carbonyl (C=O) groups excluding carboxylic acids is 1. The smallest absolute Gasteiger partial charge is 0.315 e. The Labute approximate surface area is 115 Å². The van der Waals surface area contributed by atoms with E-state index in [2.05, 4.69) is 10.6 Å². The number of carbonyl (C=O) groups is 1. The molecule has 0 aromatic heterocycles. The average Bonchev–Trinajstić information content (AvgIpc) is 3.21. The third-order valence-corrected chi connectivity index (χ3v) is 4.03. The summed E-state index contributed by atoms with van der Waals surface area (Å²) in [6.07, 6.45) is 4.78. The molecule has 1 saturated carbocycles. The van der Waals surface area contributed by atoms with Crippen LogP contribution in [0.1, 0.15) is 39.5 Å². The highest BCUT2D eigenvalue weighted by Gasteiger charge is 2.36. The Bertz CT molecular complexity index is 316. The molecule has 0 radical (unpaired) electrons. The molecule has 2 aliphatic rings. The van der Waals surface area contributed by atoms with E-state index in [1.165, 1.54) is 12.8 Å². The normalized spacial score (nSPS) is 27.9. The van der Waals surface area contributed by atoms with E-state index in [-0.39, 0.29) is 17.7 Å². The molecule has 0 unspecified atom stereocenters. The van der Waals surface area contributed by atoms with E-state index >= 15 is 0 Å². The van der Waals surface area contributed by atoms with E-state index in [1.54, 1.807) is 7.11 Å². The maximum Gasteiger partial charge on any atom is 0.315 e. The van der Waals surface area contributed by atoms with Crippen LogP contribution in [0, 0.1) is 5.92 Å². The molecule has 5 nitrogen and oxygen atoms in total. The summed E-state index contributed by atoms with van der Waals surface area (Å²) in [7, 11) is 1.65. The van der Waals surface area contributed by atoms with Crippen molar-refractivity contribution >= 4 is 6.03 Å². The molecule has 5 heteroatoms. The number of hydrogen-bond acceptors (Lipinski definition) is 3. The molecule has 0 aromatic rings. The largest absolute Gasteiger partial charge is 0.378 e. The van der Waals surface area contributed by atoms with Crippen LogP contribution in [0.4, 0.5) is 4.79 Å². The second kappa shape index (κ2) is 6.09. The first-order valence-electron chi connectivity index (χ1n) is 7.21. The van der Waals surface area contributed by atoms with Crippen LogP contribution in [0.15, 0.2) is 0 Å². The fourth-order valence-electron chi connectivity index (χ4n) is 2.36. The molecule has 0 spiro atoms. The lowest BCUT2D eigenvalue weighted by molar-refractivity contribution is -0.00951. The molecule has 1 heterocycles. The van der Waals surface area contributed by atoms with Crippen LogP contribution in [-0.4, -0.2) is 44.0 Å². The fourth-order valence-corrected chi connectivity index (χ4v) is 2.36. The molecule has 2 rings (SSSR count). The van der Waals surface area contributed by atoms with Gasteiger partial charge in [-0.2, -0.15) is 0 Å². The second-order valence-electron chi connectivity index (χ2n) is 6.26. The molecular formula is C14H26N2O3. The number of hydrogen-bond donors (Lipinski definition) is 2. The minimum Gasteiger partial charge on any atom is -0.378 e.